The summed E-state index contributed by atoms with van der Waals surface area (Å²) in [6, 6.07) is 0. The van der Waals surface area contributed by atoms with Crippen LogP contribution in [0.5, 0.6) is 5.75 Å². The summed E-state index contributed by atoms with van der Waals surface area (Å²) in [7, 11) is 1.51. The van der Waals surface area contributed by atoms with Crippen LogP contribution in [-0.4, -0.2) is 59.3 Å². The molecule has 1 aromatic heterocycles. The van der Waals surface area contributed by atoms with Gasteiger partial charge in [-0.05, 0) is 6.92 Å². The number of nitrogens with zero attached hydrogens (tertiary/aromatic N) is 3. The lowest BCUT2D eigenvalue weighted by atomic mass is 10.0. The summed E-state index contributed by atoms with van der Waals surface area (Å²) in [6.07, 6.45) is 1.27. The number of aromatic nitrogens is 2. The molecule has 3 rings (SSSR count). The maximum absolute atomic E-state index is 12.2. The van der Waals surface area contributed by atoms with Gasteiger partial charge in [0.25, 0.3) is 5.56 Å². The van der Waals surface area contributed by atoms with E-state index in [2.05, 4.69) is 4.98 Å². The molecule has 0 atom stereocenters. The molecule has 2 aliphatic rings. The van der Waals surface area contributed by atoms with Gasteiger partial charge in [0.1, 0.15) is 0 Å². The Bertz CT molecular complexity index is 685. The highest BCUT2D eigenvalue weighted by Gasteiger charge is 2.40. The molecule has 1 spiro atoms. The molecule has 3 heterocycles. The zero-order chi connectivity index (χ0) is 17.3. The summed E-state index contributed by atoms with van der Waals surface area (Å²) in [5, 5.41) is 9.91. The molecule has 0 aromatic carbocycles. The van der Waals surface area contributed by atoms with Gasteiger partial charge >= 0.3 is 5.97 Å². The number of esters is 1. The number of rotatable bonds is 3. The first-order chi connectivity index (χ1) is 11.5. The summed E-state index contributed by atoms with van der Waals surface area (Å²) in [6.45, 7) is 4.07. The highest BCUT2D eigenvalue weighted by molar-refractivity contribution is 5.90. The molecule has 9 nitrogen and oxygen atoms in total. The smallest absolute Gasteiger partial charge is 0.361 e. The van der Waals surface area contributed by atoms with Crippen molar-refractivity contribution in [3.63, 3.8) is 0 Å². The molecular formula is C15H21N3O6. The molecule has 1 N–H and O–H groups in total. The Balaban J connectivity index is 1.88. The van der Waals surface area contributed by atoms with Crippen molar-refractivity contribution in [3.05, 3.63) is 16.0 Å². The summed E-state index contributed by atoms with van der Waals surface area (Å²) in [5.41, 5.74) is -1.04. The average molecular weight is 339 g/mol. The van der Waals surface area contributed by atoms with E-state index in [1.165, 1.54) is 11.6 Å². The monoisotopic (exact) mass is 339 g/mol. The molecule has 0 amide bonds. The molecule has 24 heavy (non-hydrogen) atoms. The van der Waals surface area contributed by atoms with E-state index in [1.54, 1.807) is 6.92 Å². The third kappa shape index (κ3) is 2.84. The van der Waals surface area contributed by atoms with Gasteiger partial charge in [-0.1, -0.05) is 0 Å². The molecule has 2 saturated heterocycles. The minimum absolute atomic E-state index is 0.130. The molecule has 1 aromatic rings. The Labute approximate surface area is 138 Å². The first kappa shape index (κ1) is 16.7. The van der Waals surface area contributed by atoms with Crippen molar-refractivity contribution in [2.75, 3.05) is 37.8 Å². The summed E-state index contributed by atoms with van der Waals surface area (Å²) in [5.74, 6) is -1.75. The molecule has 132 valence electrons. The van der Waals surface area contributed by atoms with Crippen LogP contribution in [0.15, 0.2) is 4.79 Å². The van der Waals surface area contributed by atoms with Crippen molar-refractivity contribution in [1.29, 1.82) is 0 Å². The number of carbonyl (C=O) groups is 1. The van der Waals surface area contributed by atoms with Gasteiger partial charge in [-0.15, -0.1) is 0 Å². The minimum atomic E-state index is -0.815. The molecule has 0 aliphatic carbocycles. The average Bonchev–Trinajstić information content (AvgIpc) is 3.02. The van der Waals surface area contributed by atoms with Crippen molar-refractivity contribution in [2.45, 2.75) is 25.6 Å². The summed E-state index contributed by atoms with van der Waals surface area (Å²) in [4.78, 5) is 30.2. The maximum atomic E-state index is 12.2. The predicted molar refractivity (Wildman–Crippen MR) is 83.2 cm³/mol. The molecule has 0 bridgehead atoms. The van der Waals surface area contributed by atoms with Gasteiger partial charge in [0.15, 0.2) is 11.5 Å². The van der Waals surface area contributed by atoms with Crippen molar-refractivity contribution >= 4 is 11.9 Å². The largest absolute Gasteiger partial charge is 0.501 e. The van der Waals surface area contributed by atoms with Gasteiger partial charge in [-0.25, -0.2) is 9.78 Å². The van der Waals surface area contributed by atoms with E-state index in [1.807, 2.05) is 4.90 Å². The lowest BCUT2D eigenvalue weighted by molar-refractivity contribution is -0.169. The highest BCUT2D eigenvalue weighted by atomic mass is 16.7. The van der Waals surface area contributed by atoms with E-state index >= 15 is 0 Å². The zero-order valence-electron chi connectivity index (χ0n) is 13.8. The van der Waals surface area contributed by atoms with Crippen LogP contribution < -0.4 is 10.5 Å². The van der Waals surface area contributed by atoms with Crippen LogP contribution in [0, 0.1) is 0 Å². The van der Waals surface area contributed by atoms with Crippen LogP contribution in [0.25, 0.3) is 0 Å². The molecular weight excluding hydrogens is 318 g/mol. The number of hydrogen-bond donors (Lipinski definition) is 1. The SMILES string of the molecule is CCOC(=O)c1nc(N2CCC3(CC2)OCCO3)n(C)c(=O)c1O. The molecule has 9 heteroatoms. The standard InChI is InChI=1S/C15H21N3O6/c1-3-22-13(21)10-11(19)12(20)17(2)14(16-10)18-6-4-15(5-7-18)23-8-9-24-15/h19H,3-9H2,1-2H3. The van der Waals surface area contributed by atoms with Gasteiger partial charge < -0.3 is 24.2 Å². The first-order valence-electron chi connectivity index (χ1n) is 7.97. The Morgan fingerprint density at radius 2 is 1.96 bits per heavy atom. The predicted octanol–water partition coefficient (Wildman–Crippen LogP) is 0.00590. The molecule has 0 radical (unpaired) electrons. The Kier molecular flexibility index (Phi) is 4.46. The third-order valence-electron chi connectivity index (χ3n) is 4.33. The van der Waals surface area contributed by atoms with Gasteiger partial charge in [-0.3, -0.25) is 9.36 Å². The lowest BCUT2D eigenvalue weighted by Gasteiger charge is -2.38. The number of ether oxygens (including phenoxy) is 3. The minimum Gasteiger partial charge on any atom is -0.501 e. The van der Waals surface area contributed by atoms with Crippen molar-refractivity contribution in [1.82, 2.24) is 9.55 Å². The lowest BCUT2D eigenvalue weighted by Crippen LogP contribution is -2.47. The second-order valence-electron chi connectivity index (χ2n) is 5.79. The van der Waals surface area contributed by atoms with Crippen molar-refractivity contribution in [3.8, 4) is 5.75 Å². The first-order valence-corrected chi connectivity index (χ1v) is 7.97. The number of anilines is 1. The van der Waals surface area contributed by atoms with Crippen LogP contribution in [0.2, 0.25) is 0 Å². The normalized spacial score (nSPS) is 19.7. The topological polar surface area (TPSA) is 103 Å². The quantitative estimate of drug-likeness (QED) is 0.768. The summed E-state index contributed by atoms with van der Waals surface area (Å²) < 4.78 is 17.4. The van der Waals surface area contributed by atoms with Crippen LogP contribution in [0.3, 0.4) is 0 Å². The van der Waals surface area contributed by atoms with E-state index in [-0.39, 0.29) is 12.3 Å². The molecule has 0 saturated carbocycles. The maximum Gasteiger partial charge on any atom is 0.361 e. The van der Waals surface area contributed by atoms with Crippen molar-refractivity contribution < 1.29 is 24.1 Å². The summed E-state index contributed by atoms with van der Waals surface area (Å²) >= 11 is 0. The molecule has 0 unspecified atom stereocenters. The number of carbonyl (C=O) groups excluding carboxylic acids is 1. The Hall–Kier alpha value is -2.13. The zero-order valence-corrected chi connectivity index (χ0v) is 13.8. The van der Waals surface area contributed by atoms with Gasteiger partial charge in [0, 0.05) is 33.0 Å². The Morgan fingerprint density at radius 1 is 1.33 bits per heavy atom. The van der Waals surface area contributed by atoms with E-state index in [9.17, 15) is 14.7 Å². The fourth-order valence-electron chi connectivity index (χ4n) is 3.04. The fourth-order valence-corrected chi connectivity index (χ4v) is 3.04. The fraction of sp³-hybridized carbons (Fsp3) is 0.667. The number of hydrogen-bond acceptors (Lipinski definition) is 8. The van der Waals surface area contributed by atoms with Gasteiger partial charge in [0.05, 0.1) is 19.8 Å². The van der Waals surface area contributed by atoms with Gasteiger partial charge in [0.2, 0.25) is 11.7 Å². The third-order valence-corrected chi connectivity index (χ3v) is 4.33. The second kappa shape index (κ2) is 6.40. The van der Waals surface area contributed by atoms with Crippen molar-refractivity contribution in [2.24, 2.45) is 7.05 Å². The van der Waals surface area contributed by atoms with E-state index in [0.717, 1.165) is 0 Å². The van der Waals surface area contributed by atoms with E-state index in [4.69, 9.17) is 14.2 Å². The van der Waals surface area contributed by atoms with E-state index in [0.29, 0.717) is 45.1 Å². The number of aromatic hydroxyl groups is 1. The van der Waals surface area contributed by atoms with Crippen LogP contribution in [0.1, 0.15) is 30.3 Å². The second-order valence-corrected chi connectivity index (χ2v) is 5.79. The van der Waals surface area contributed by atoms with Crippen LogP contribution >= 0.6 is 0 Å². The van der Waals surface area contributed by atoms with Crippen LogP contribution in [-0.2, 0) is 21.3 Å². The number of piperidine rings is 1. The Morgan fingerprint density at radius 3 is 2.54 bits per heavy atom. The molecule has 2 fully saturated rings. The van der Waals surface area contributed by atoms with Gasteiger partial charge in [-0.2, -0.15) is 0 Å². The van der Waals surface area contributed by atoms with E-state index < -0.39 is 23.1 Å². The molecule has 2 aliphatic heterocycles. The van der Waals surface area contributed by atoms with Crippen LogP contribution in [0.4, 0.5) is 5.95 Å². The highest BCUT2D eigenvalue weighted by Crippen LogP contribution is 2.32.